The maximum atomic E-state index is 12.3. The van der Waals surface area contributed by atoms with Crippen LogP contribution in [0.25, 0.3) is 17.0 Å². The van der Waals surface area contributed by atoms with Crippen molar-refractivity contribution in [2.24, 2.45) is 0 Å². The van der Waals surface area contributed by atoms with Gasteiger partial charge in [0.15, 0.2) is 0 Å². The summed E-state index contributed by atoms with van der Waals surface area (Å²) in [6.45, 7) is 0. The number of aromatic amines is 1. The predicted molar refractivity (Wildman–Crippen MR) is 120 cm³/mol. The molecule has 2 aromatic heterocycles. The number of amides is 2. The summed E-state index contributed by atoms with van der Waals surface area (Å²) in [5, 5.41) is 6.40. The number of anilines is 1. The quantitative estimate of drug-likeness (QED) is 0.410. The molecular weight excluding hydrogens is 392 g/mol. The van der Waals surface area contributed by atoms with Crippen LogP contribution in [-0.4, -0.2) is 28.8 Å². The molecule has 0 unspecified atom stereocenters. The van der Waals surface area contributed by atoms with Crippen molar-refractivity contribution in [3.05, 3.63) is 90.4 Å². The van der Waals surface area contributed by atoms with E-state index in [1.54, 1.807) is 49.5 Å². The Kier molecular flexibility index (Phi) is 5.75. The molecule has 0 saturated heterocycles. The number of ether oxygens (including phenoxy) is 1. The first kappa shape index (κ1) is 19.9. The monoisotopic (exact) mass is 412 g/mol. The van der Waals surface area contributed by atoms with E-state index in [1.807, 2.05) is 30.5 Å². The molecule has 7 heteroatoms. The first-order valence-corrected chi connectivity index (χ1v) is 9.63. The van der Waals surface area contributed by atoms with Gasteiger partial charge in [0.2, 0.25) is 5.91 Å². The van der Waals surface area contributed by atoms with Crippen LogP contribution in [-0.2, 0) is 4.79 Å². The highest BCUT2D eigenvalue weighted by atomic mass is 16.5. The van der Waals surface area contributed by atoms with Crippen LogP contribution in [0.2, 0.25) is 0 Å². The van der Waals surface area contributed by atoms with Gasteiger partial charge in [0.05, 0.1) is 0 Å². The van der Waals surface area contributed by atoms with Gasteiger partial charge in [-0.25, -0.2) is 0 Å². The van der Waals surface area contributed by atoms with Gasteiger partial charge >= 0.3 is 0 Å². The SMILES string of the molecule is CNC(=O)c1cc(Oc2ccc(NC(=O)C=Cc3c[nH]c4ccccc34)cc2)ccn1. The summed E-state index contributed by atoms with van der Waals surface area (Å²) in [5.41, 5.74) is 2.88. The predicted octanol–water partition coefficient (Wildman–Crippen LogP) is 4.37. The van der Waals surface area contributed by atoms with Crippen molar-refractivity contribution in [1.29, 1.82) is 0 Å². The fourth-order valence-electron chi connectivity index (χ4n) is 3.05. The first-order valence-electron chi connectivity index (χ1n) is 9.63. The lowest BCUT2D eigenvalue weighted by atomic mass is 10.1. The summed E-state index contributed by atoms with van der Waals surface area (Å²) < 4.78 is 5.76. The Morgan fingerprint density at radius 3 is 2.65 bits per heavy atom. The Hall–Kier alpha value is -4.39. The Labute approximate surface area is 178 Å². The molecule has 0 fully saturated rings. The Morgan fingerprint density at radius 2 is 1.84 bits per heavy atom. The summed E-state index contributed by atoms with van der Waals surface area (Å²) in [6, 6.07) is 18.1. The molecule has 7 nitrogen and oxygen atoms in total. The zero-order chi connectivity index (χ0) is 21.6. The van der Waals surface area contributed by atoms with E-state index in [0.717, 1.165) is 16.5 Å². The summed E-state index contributed by atoms with van der Waals surface area (Å²) in [7, 11) is 1.54. The van der Waals surface area contributed by atoms with Gasteiger partial charge in [-0.3, -0.25) is 14.6 Å². The van der Waals surface area contributed by atoms with Gasteiger partial charge in [0.25, 0.3) is 5.91 Å². The lowest BCUT2D eigenvalue weighted by Crippen LogP contribution is -2.18. The summed E-state index contributed by atoms with van der Waals surface area (Å²) in [6.07, 6.45) is 6.65. The zero-order valence-electron chi connectivity index (χ0n) is 16.8. The minimum Gasteiger partial charge on any atom is -0.457 e. The molecule has 0 atom stereocenters. The zero-order valence-corrected chi connectivity index (χ0v) is 16.8. The fraction of sp³-hybridized carbons (Fsp3) is 0.0417. The van der Waals surface area contributed by atoms with Crippen LogP contribution in [0.3, 0.4) is 0 Å². The number of carbonyl (C=O) groups is 2. The molecule has 31 heavy (non-hydrogen) atoms. The number of fused-ring (bicyclic) bond motifs is 1. The average molecular weight is 412 g/mol. The molecule has 4 rings (SSSR count). The van der Waals surface area contributed by atoms with Crippen molar-refractivity contribution in [2.45, 2.75) is 0 Å². The minimum atomic E-state index is -0.288. The third-order valence-corrected chi connectivity index (χ3v) is 4.58. The number of carbonyl (C=O) groups excluding carboxylic acids is 2. The van der Waals surface area contributed by atoms with Crippen LogP contribution < -0.4 is 15.4 Å². The number of aromatic nitrogens is 2. The molecule has 0 saturated carbocycles. The highest BCUT2D eigenvalue weighted by molar-refractivity contribution is 6.03. The molecule has 2 aromatic carbocycles. The molecule has 154 valence electrons. The van der Waals surface area contributed by atoms with Crippen molar-refractivity contribution in [1.82, 2.24) is 15.3 Å². The first-order chi connectivity index (χ1) is 15.1. The molecule has 0 radical (unpaired) electrons. The van der Waals surface area contributed by atoms with Crippen LogP contribution in [0.15, 0.2) is 79.1 Å². The molecule has 0 aliphatic carbocycles. The molecule has 0 aliphatic rings. The van der Waals surface area contributed by atoms with Crippen molar-refractivity contribution in [3.8, 4) is 11.5 Å². The lowest BCUT2D eigenvalue weighted by Gasteiger charge is -2.08. The number of hydrogen-bond acceptors (Lipinski definition) is 4. The Balaban J connectivity index is 1.38. The molecule has 2 heterocycles. The number of nitrogens with one attached hydrogen (secondary N) is 3. The number of para-hydroxylation sites is 1. The number of hydrogen-bond donors (Lipinski definition) is 3. The Morgan fingerprint density at radius 1 is 1.03 bits per heavy atom. The molecule has 2 amide bonds. The number of H-pyrrole nitrogens is 1. The maximum absolute atomic E-state index is 12.3. The van der Waals surface area contributed by atoms with Gasteiger partial charge in [-0.1, -0.05) is 18.2 Å². The van der Waals surface area contributed by atoms with Crippen molar-refractivity contribution in [3.63, 3.8) is 0 Å². The standard InChI is InChI=1S/C24H20N4O3/c1-25-24(30)22-14-19(12-13-26-22)31-18-9-7-17(8-10-18)28-23(29)11-6-16-15-27-21-5-3-2-4-20(16)21/h2-15,27H,1H3,(H,25,30)(H,28,29). The summed E-state index contributed by atoms with van der Waals surface area (Å²) >= 11 is 0. The summed E-state index contributed by atoms with van der Waals surface area (Å²) in [5.74, 6) is 0.543. The van der Waals surface area contributed by atoms with Gasteiger partial charge in [-0.2, -0.15) is 0 Å². The minimum absolute atomic E-state index is 0.233. The van der Waals surface area contributed by atoms with Gasteiger partial charge in [0.1, 0.15) is 17.2 Å². The topological polar surface area (TPSA) is 96.1 Å². The summed E-state index contributed by atoms with van der Waals surface area (Å²) in [4.78, 5) is 31.1. The number of benzene rings is 2. The van der Waals surface area contributed by atoms with Crippen LogP contribution >= 0.6 is 0 Å². The molecular formula is C24H20N4O3. The highest BCUT2D eigenvalue weighted by Gasteiger charge is 2.07. The van der Waals surface area contributed by atoms with E-state index >= 15 is 0 Å². The normalized spacial score (nSPS) is 10.9. The van der Waals surface area contributed by atoms with Crippen LogP contribution in [0, 0.1) is 0 Å². The van der Waals surface area contributed by atoms with Gasteiger partial charge in [0, 0.05) is 48.2 Å². The smallest absolute Gasteiger partial charge is 0.269 e. The van der Waals surface area contributed by atoms with Crippen molar-refractivity contribution in [2.75, 3.05) is 12.4 Å². The average Bonchev–Trinajstić information content (AvgIpc) is 3.22. The second-order valence-electron chi connectivity index (χ2n) is 6.69. The molecule has 4 aromatic rings. The van der Waals surface area contributed by atoms with E-state index in [9.17, 15) is 9.59 Å². The van der Waals surface area contributed by atoms with Crippen molar-refractivity contribution < 1.29 is 14.3 Å². The van der Waals surface area contributed by atoms with Crippen LogP contribution in [0.4, 0.5) is 5.69 Å². The third kappa shape index (κ3) is 4.79. The number of nitrogens with zero attached hydrogens (tertiary/aromatic N) is 1. The number of rotatable bonds is 6. The van der Waals surface area contributed by atoms with E-state index < -0.39 is 0 Å². The molecule has 3 N–H and O–H groups in total. The fourth-order valence-corrected chi connectivity index (χ4v) is 3.05. The van der Waals surface area contributed by atoms with E-state index in [-0.39, 0.29) is 17.5 Å². The van der Waals surface area contributed by atoms with Gasteiger partial charge in [-0.15, -0.1) is 0 Å². The molecule has 0 aliphatic heterocycles. The van der Waals surface area contributed by atoms with E-state index in [2.05, 4.69) is 20.6 Å². The van der Waals surface area contributed by atoms with Gasteiger partial charge < -0.3 is 20.4 Å². The van der Waals surface area contributed by atoms with E-state index in [4.69, 9.17) is 4.74 Å². The van der Waals surface area contributed by atoms with E-state index in [0.29, 0.717) is 17.2 Å². The van der Waals surface area contributed by atoms with Crippen LogP contribution in [0.5, 0.6) is 11.5 Å². The van der Waals surface area contributed by atoms with Gasteiger partial charge in [-0.05, 0) is 48.0 Å². The Bertz CT molecular complexity index is 1260. The molecule has 0 bridgehead atoms. The maximum Gasteiger partial charge on any atom is 0.269 e. The van der Waals surface area contributed by atoms with Crippen LogP contribution in [0.1, 0.15) is 16.1 Å². The highest BCUT2D eigenvalue weighted by Crippen LogP contribution is 2.23. The van der Waals surface area contributed by atoms with Crippen molar-refractivity contribution >= 4 is 34.5 Å². The lowest BCUT2D eigenvalue weighted by molar-refractivity contribution is -0.111. The van der Waals surface area contributed by atoms with E-state index in [1.165, 1.54) is 12.3 Å². The third-order valence-electron chi connectivity index (χ3n) is 4.58. The largest absolute Gasteiger partial charge is 0.457 e. The second-order valence-corrected chi connectivity index (χ2v) is 6.69. The molecule has 0 spiro atoms. The number of pyridine rings is 1. The second kappa shape index (κ2) is 8.96.